The summed E-state index contributed by atoms with van der Waals surface area (Å²) in [7, 11) is 0. The number of carbonyl (C=O) groups is 2. The topological polar surface area (TPSA) is 101 Å². The molecule has 0 unspecified atom stereocenters. The number of anilines is 1. The Morgan fingerprint density at radius 2 is 1.77 bits per heavy atom. The zero-order chi connectivity index (χ0) is 21.7. The Balaban J connectivity index is 1.83. The lowest BCUT2D eigenvalue weighted by Gasteiger charge is -2.19. The smallest absolute Gasteiger partial charge is 0.335 e. The molecule has 2 aromatic carbocycles. The van der Waals surface area contributed by atoms with Crippen LogP contribution in [-0.2, 0) is 9.53 Å². The van der Waals surface area contributed by atoms with Gasteiger partial charge < -0.3 is 15.2 Å². The maximum atomic E-state index is 11.9. The third-order valence-electron chi connectivity index (χ3n) is 4.23. The zero-order valence-corrected chi connectivity index (χ0v) is 17.3. The summed E-state index contributed by atoms with van der Waals surface area (Å²) in [6.07, 6.45) is 0.854. The fourth-order valence-electron chi connectivity index (χ4n) is 2.94. The van der Waals surface area contributed by atoms with Gasteiger partial charge in [0.25, 0.3) is 0 Å². The third kappa shape index (κ3) is 5.53. The van der Waals surface area contributed by atoms with E-state index < -0.39 is 11.6 Å². The van der Waals surface area contributed by atoms with Crippen molar-refractivity contribution in [1.29, 1.82) is 0 Å². The summed E-state index contributed by atoms with van der Waals surface area (Å²) in [5, 5.41) is 12.5. The van der Waals surface area contributed by atoms with Crippen LogP contribution in [0.15, 0.2) is 48.5 Å². The van der Waals surface area contributed by atoms with Gasteiger partial charge in [0.05, 0.1) is 16.6 Å². The standard InChI is InChI=1S/C23H25N3O4/c1-23(2,3)30-19(27)10-7-13-24-21-20(15-8-5-4-6-9-15)25-17-12-11-16(22(28)29)14-18(17)26-21/h4-6,8-9,11-12,14H,7,10,13H2,1-3H3,(H,24,26)(H,28,29). The molecule has 0 saturated carbocycles. The lowest BCUT2D eigenvalue weighted by atomic mass is 10.1. The molecule has 3 aromatic rings. The van der Waals surface area contributed by atoms with Crippen molar-refractivity contribution in [2.45, 2.75) is 39.2 Å². The van der Waals surface area contributed by atoms with E-state index in [0.717, 1.165) is 5.56 Å². The summed E-state index contributed by atoms with van der Waals surface area (Å²) in [5.41, 5.74) is 2.31. The molecule has 0 aliphatic carbocycles. The molecule has 3 rings (SSSR count). The average Bonchev–Trinajstić information content (AvgIpc) is 2.69. The fraction of sp³-hybridized carbons (Fsp3) is 0.304. The number of benzene rings is 2. The van der Waals surface area contributed by atoms with Gasteiger partial charge in [-0.3, -0.25) is 4.79 Å². The molecule has 7 nitrogen and oxygen atoms in total. The van der Waals surface area contributed by atoms with E-state index >= 15 is 0 Å². The van der Waals surface area contributed by atoms with Crippen molar-refractivity contribution in [1.82, 2.24) is 9.97 Å². The van der Waals surface area contributed by atoms with Crippen molar-refractivity contribution in [2.24, 2.45) is 0 Å². The molecule has 0 spiro atoms. The quantitative estimate of drug-likeness (QED) is 0.438. The van der Waals surface area contributed by atoms with E-state index in [4.69, 9.17) is 9.72 Å². The van der Waals surface area contributed by atoms with Crippen molar-refractivity contribution in [3.8, 4) is 11.3 Å². The van der Waals surface area contributed by atoms with Gasteiger partial charge in [-0.1, -0.05) is 30.3 Å². The highest BCUT2D eigenvalue weighted by molar-refractivity contribution is 5.93. The van der Waals surface area contributed by atoms with Crippen LogP contribution < -0.4 is 5.32 Å². The lowest BCUT2D eigenvalue weighted by molar-refractivity contribution is -0.154. The van der Waals surface area contributed by atoms with Crippen LogP contribution in [0, 0.1) is 0 Å². The van der Waals surface area contributed by atoms with Crippen LogP contribution in [0.4, 0.5) is 5.82 Å². The van der Waals surface area contributed by atoms with Gasteiger partial charge in [0, 0.05) is 18.5 Å². The van der Waals surface area contributed by atoms with E-state index in [1.54, 1.807) is 6.07 Å². The zero-order valence-electron chi connectivity index (χ0n) is 17.3. The van der Waals surface area contributed by atoms with E-state index in [9.17, 15) is 14.7 Å². The molecule has 0 bridgehead atoms. The Morgan fingerprint density at radius 3 is 2.43 bits per heavy atom. The van der Waals surface area contributed by atoms with E-state index in [-0.39, 0.29) is 18.0 Å². The Hall–Kier alpha value is -3.48. The van der Waals surface area contributed by atoms with Gasteiger partial charge in [-0.2, -0.15) is 0 Å². The highest BCUT2D eigenvalue weighted by Gasteiger charge is 2.16. The number of aromatic carboxylic acids is 1. The van der Waals surface area contributed by atoms with Gasteiger partial charge in [-0.15, -0.1) is 0 Å². The Kier molecular flexibility index (Phi) is 6.30. The fourth-order valence-corrected chi connectivity index (χ4v) is 2.94. The van der Waals surface area contributed by atoms with Crippen molar-refractivity contribution in [3.63, 3.8) is 0 Å². The molecule has 1 heterocycles. The van der Waals surface area contributed by atoms with Gasteiger partial charge in [-0.25, -0.2) is 14.8 Å². The maximum absolute atomic E-state index is 11.9. The number of carboxylic acids is 1. The minimum Gasteiger partial charge on any atom is -0.478 e. The first-order valence-corrected chi connectivity index (χ1v) is 9.79. The minimum atomic E-state index is -1.02. The summed E-state index contributed by atoms with van der Waals surface area (Å²) in [6.45, 7) is 6.01. The van der Waals surface area contributed by atoms with Crippen molar-refractivity contribution in [3.05, 3.63) is 54.1 Å². The summed E-state index contributed by atoms with van der Waals surface area (Å²) in [5.74, 6) is -0.721. The predicted molar refractivity (Wildman–Crippen MR) is 116 cm³/mol. The Morgan fingerprint density at radius 1 is 1.03 bits per heavy atom. The summed E-state index contributed by atoms with van der Waals surface area (Å²) in [6, 6.07) is 14.3. The van der Waals surface area contributed by atoms with Crippen LogP contribution in [0.3, 0.4) is 0 Å². The van der Waals surface area contributed by atoms with Crippen LogP contribution in [-0.4, -0.2) is 39.2 Å². The SMILES string of the molecule is CC(C)(C)OC(=O)CCCNc1nc2cc(C(=O)O)ccc2nc1-c1ccccc1. The molecule has 156 valence electrons. The lowest BCUT2D eigenvalue weighted by Crippen LogP contribution is -2.24. The first-order valence-electron chi connectivity index (χ1n) is 9.79. The second kappa shape index (κ2) is 8.90. The van der Waals surface area contributed by atoms with Gasteiger partial charge in [0.2, 0.25) is 0 Å². The molecule has 0 atom stereocenters. The number of hydrogen-bond acceptors (Lipinski definition) is 6. The van der Waals surface area contributed by atoms with Gasteiger partial charge in [0.1, 0.15) is 11.3 Å². The van der Waals surface area contributed by atoms with Crippen LogP contribution in [0.5, 0.6) is 0 Å². The normalized spacial score (nSPS) is 11.3. The number of carboxylic acid groups (broad SMARTS) is 1. The van der Waals surface area contributed by atoms with E-state index in [1.165, 1.54) is 12.1 Å². The largest absolute Gasteiger partial charge is 0.478 e. The van der Waals surface area contributed by atoms with E-state index in [2.05, 4.69) is 10.3 Å². The number of nitrogens with zero attached hydrogens (tertiary/aromatic N) is 2. The maximum Gasteiger partial charge on any atom is 0.335 e. The summed E-state index contributed by atoms with van der Waals surface area (Å²) in [4.78, 5) is 32.5. The first kappa shape index (κ1) is 21.2. The van der Waals surface area contributed by atoms with Crippen LogP contribution in [0.2, 0.25) is 0 Å². The minimum absolute atomic E-state index is 0.153. The molecule has 1 aromatic heterocycles. The Bertz CT molecular complexity index is 1060. The number of aromatic nitrogens is 2. The molecule has 2 N–H and O–H groups in total. The van der Waals surface area contributed by atoms with E-state index in [1.807, 2.05) is 51.1 Å². The molecule has 0 fully saturated rings. The highest BCUT2D eigenvalue weighted by atomic mass is 16.6. The third-order valence-corrected chi connectivity index (χ3v) is 4.23. The second-order valence-electron chi connectivity index (χ2n) is 7.91. The van der Waals surface area contributed by atoms with Gasteiger partial charge in [0.15, 0.2) is 5.82 Å². The number of ether oxygens (including phenoxy) is 1. The number of esters is 1. The van der Waals surface area contributed by atoms with Crippen LogP contribution in [0.1, 0.15) is 44.0 Å². The number of rotatable bonds is 7. The van der Waals surface area contributed by atoms with Crippen molar-refractivity contribution in [2.75, 3.05) is 11.9 Å². The molecule has 30 heavy (non-hydrogen) atoms. The number of nitrogens with one attached hydrogen (secondary N) is 1. The molecule has 7 heteroatoms. The number of fused-ring (bicyclic) bond motifs is 1. The van der Waals surface area contributed by atoms with Crippen LogP contribution in [0.25, 0.3) is 22.3 Å². The summed E-state index contributed by atoms with van der Waals surface area (Å²) < 4.78 is 5.33. The van der Waals surface area contributed by atoms with Crippen LogP contribution >= 0.6 is 0 Å². The molecular formula is C23H25N3O4. The van der Waals surface area contributed by atoms with Crippen molar-refractivity contribution < 1.29 is 19.4 Å². The molecule has 0 aliphatic heterocycles. The first-order chi connectivity index (χ1) is 14.2. The molecule has 0 aliphatic rings. The number of carbonyl (C=O) groups excluding carboxylic acids is 1. The monoisotopic (exact) mass is 407 g/mol. The van der Waals surface area contributed by atoms with Gasteiger partial charge >= 0.3 is 11.9 Å². The molecular weight excluding hydrogens is 382 g/mol. The molecule has 0 amide bonds. The predicted octanol–water partition coefficient (Wildman–Crippen LogP) is 4.53. The second-order valence-corrected chi connectivity index (χ2v) is 7.91. The van der Waals surface area contributed by atoms with E-state index in [0.29, 0.717) is 35.5 Å². The summed E-state index contributed by atoms with van der Waals surface area (Å²) >= 11 is 0. The Labute approximate surface area is 175 Å². The average molecular weight is 407 g/mol. The number of hydrogen-bond donors (Lipinski definition) is 2. The highest BCUT2D eigenvalue weighted by Crippen LogP contribution is 2.27. The molecule has 0 radical (unpaired) electrons. The molecule has 0 saturated heterocycles. The van der Waals surface area contributed by atoms with Gasteiger partial charge in [-0.05, 0) is 45.4 Å². The van der Waals surface area contributed by atoms with Crippen molar-refractivity contribution >= 4 is 28.8 Å².